The summed E-state index contributed by atoms with van der Waals surface area (Å²) < 4.78 is 1.81. The second-order valence-electron chi connectivity index (χ2n) is 4.30. The lowest BCUT2D eigenvalue weighted by Crippen LogP contribution is -2.31. The second kappa shape index (κ2) is 4.23. The SMILES string of the molecule is CNC(N)n1ncc2ccc(C(C)C)cc21. The lowest BCUT2D eigenvalue weighted by molar-refractivity contribution is 0.424. The molecule has 1 aromatic carbocycles. The van der Waals surface area contributed by atoms with Crippen molar-refractivity contribution in [2.75, 3.05) is 7.05 Å². The normalized spacial score (nSPS) is 13.6. The van der Waals surface area contributed by atoms with Gasteiger partial charge in [-0.05, 0) is 24.6 Å². The predicted molar refractivity (Wildman–Crippen MR) is 66.1 cm³/mol. The van der Waals surface area contributed by atoms with Gasteiger partial charge in [-0.25, -0.2) is 4.68 Å². The smallest absolute Gasteiger partial charge is 0.153 e. The van der Waals surface area contributed by atoms with E-state index in [9.17, 15) is 0 Å². The van der Waals surface area contributed by atoms with Gasteiger partial charge < -0.3 is 0 Å². The van der Waals surface area contributed by atoms with Gasteiger partial charge in [0.1, 0.15) is 0 Å². The second-order valence-corrected chi connectivity index (χ2v) is 4.30. The third-order valence-corrected chi connectivity index (χ3v) is 2.85. The molecule has 0 radical (unpaired) electrons. The maximum absolute atomic E-state index is 5.92. The van der Waals surface area contributed by atoms with Crippen LogP contribution in [-0.2, 0) is 0 Å². The molecule has 3 N–H and O–H groups in total. The third kappa shape index (κ3) is 1.81. The number of benzene rings is 1. The van der Waals surface area contributed by atoms with E-state index in [1.54, 1.807) is 4.68 Å². The third-order valence-electron chi connectivity index (χ3n) is 2.85. The van der Waals surface area contributed by atoms with Gasteiger partial charge in [-0.2, -0.15) is 5.10 Å². The predicted octanol–water partition coefficient (Wildman–Crippen LogP) is 1.79. The van der Waals surface area contributed by atoms with Gasteiger partial charge in [0.05, 0.1) is 11.7 Å². The topological polar surface area (TPSA) is 55.9 Å². The van der Waals surface area contributed by atoms with E-state index < -0.39 is 0 Å². The molecule has 0 amide bonds. The molecule has 0 aliphatic rings. The summed E-state index contributed by atoms with van der Waals surface area (Å²) in [5.74, 6) is 0.513. The molecule has 0 bridgehead atoms. The Morgan fingerprint density at radius 1 is 1.38 bits per heavy atom. The van der Waals surface area contributed by atoms with Gasteiger partial charge >= 0.3 is 0 Å². The Hall–Kier alpha value is -1.39. The summed E-state index contributed by atoms with van der Waals surface area (Å²) >= 11 is 0. The zero-order valence-corrected chi connectivity index (χ0v) is 9.94. The summed E-state index contributed by atoms with van der Waals surface area (Å²) in [6, 6.07) is 6.39. The van der Waals surface area contributed by atoms with Crippen LogP contribution < -0.4 is 11.1 Å². The highest BCUT2D eigenvalue weighted by Crippen LogP contribution is 2.21. The van der Waals surface area contributed by atoms with Crippen LogP contribution in [0, 0.1) is 0 Å². The van der Waals surface area contributed by atoms with E-state index in [-0.39, 0.29) is 6.29 Å². The minimum Gasteiger partial charge on any atom is -0.297 e. The summed E-state index contributed by atoms with van der Waals surface area (Å²) in [5, 5.41) is 8.40. The van der Waals surface area contributed by atoms with Crippen LogP contribution in [0.4, 0.5) is 0 Å². The van der Waals surface area contributed by atoms with E-state index in [1.807, 2.05) is 13.2 Å². The molecular formula is C12H18N4. The molecule has 4 nitrogen and oxygen atoms in total. The molecule has 1 aromatic heterocycles. The average molecular weight is 218 g/mol. The van der Waals surface area contributed by atoms with Crippen molar-refractivity contribution in [2.24, 2.45) is 5.73 Å². The summed E-state index contributed by atoms with van der Waals surface area (Å²) in [4.78, 5) is 0. The molecule has 0 fully saturated rings. The van der Waals surface area contributed by atoms with E-state index >= 15 is 0 Å². The van der Waals surface area contributed by atoms with Crippen LogP contribution in [0.2, 0.25) is 0 Å². The first-order valence-corrected chi connectivity index (χ1v) is 5.53. The number of nitrogens with zero attached hydrogens (tertiary/aromatic N) is 2. The molecule has 2 rings (SSSR count). The van der Waals surface area contributed by atoms with E-state index in [0.717, 1.165) is 10.9 Å². The van der Waals surface area contributed by atoms with Gasteiger partial charge in [0, 0.05) is 5.39 Å². The van der Waals surface area contributed by atoms with Gasteiger partial charge in [0.15, 0.2) is 6.29 Å². The van der Waals surface area contributed by atoms with Crippen molar-refractivity contribution in [1.82, 2.24) is 15.1 Å². The van der Waals surface area contributed by atoms with Gasteiger partial charge in [0.25, 0.3) is 0 Å². The average Bonchev–Trinajstić information content (AvgIpc) is 2.70. The van der Waals surface area contributed by atoms with Crippen LogP contribution in [0.25, 0.3) is 10.9 Å². The molecule has 1 atom stereocenters. The van der Waals surface area contributed by atoms with Crippen LogP contribution in [-0.4, -0.2) is 16.8 Å². The van der Waals surface area contributed by atoms with Crippen LogP contribution in [0.1, 0.15) is 31.6 Å². The van der Waals surface area contributed by atoms with Crippen molar-refractivity contribution < 1.29 is 0 Å². The Morgan fingerprint density at radius 2 is 2.12 bits per heavy atom. The number of aromatic nitrogens is 2. The van der Waals surface area contributed by atoms with E-state index in [1.165, 1.54) is 5.56 Å². The minimum atomic E-state index is -0.278. The van der Waals surface area contributed by atoms with E-state index in [0.29, 0.717) is 5.92 Å². The Labute approximate surface area is 95.4 Å². The van der Waals surface area contributed by atoms with Crippen molar-refractivity contribution >= 4 is 10.9 Å². The number of nitrogens with one attached hydrogen (secondary N) is 1. The highest BCUT2D eigenvalue weighted by Gasteiger charge is 2.09. The van der Waals surface area contributed by atoms with Crippen molar-refractivity contribution in [1.29, 1.82) is 0 Å². The molecule has 1 heterocycles. The molecule has 0 saturated carbocycles. The number of nitrogens with two attached hydrogens (primary N) is 1. The number of rotatable bonds is 3. The maximum Gasteiger partial charge on any atom is 0.153 e. The Kier molecular flexibility index (Phi) is 2.94. The Morgan fingerprint density at radius 3 is 2.75 bits per heavy atom. The first-order chi connectivity index (χ1) is 7.63. The zero-order valence-electron chi connectivity index (χ0n) is 9.94. The summed E-state index contributed by atoms with van der Waals surface area (Å²) in [5.41, 5.74) is 8.30. The monoisotopic (exact) mass is 218 g/mol. The Balaban J connectivity index is 2.55. The lowest BCUT2D eigenvalue weighted by Gasteiger charge is -2.13. The molecule has 0 spiro atoms. The largest absolute Gasteiger partial charge is 0.297 e. The molecular weight excluding hydrogens is 200 g/mol. The molecule has 0 saturated heterocycles. The first-order valence-electron chi connectivity index (χ1n) is 5.53. The lowest BCUT2D eigenvalue weighted by atomic mass is 10.0. The van der Waals surface area contributed by atoms with Crippen molar-refractivity contribution in [2.45, 2.75) is 26.1 Å². The van der Waals surface area contributed by atoms with Crippen LogP contribution in [0.5, 0.6) is 0 Å². The van der Waals surface area contributed by atoms with Crippen molar-refractivity contribution in [3.05, 3.63) is 30.0 Å². The molecule has 4 heteroatoms. The number of hydrogen-bond acceptors (Lipinski definition) is 3. The van der Waals surface area contributed by atoms with Crippen molar-refractivity contribution in [3.63, 3.8) is 0 Å². The van der Waals surface area contributed by atoms with Gasteiger partial charge in [-0.15, -0.1) is 0 Å². The molecule has 16 heavy (non-hydrogen) atoms. The highest BCUT2D eigenvalue weighted by atomic mass is 15.4. The summed E-state index contributed by atoms with van der Waals surface area (Å²) in [6.45, 7) is 4.36. The van der Waals surface area contributed by atoms with Gasteiger partial charge in [0.2, 0.25) is 0 Å². The fourth-order valence-corrected chi connectivity index (χ4v) is 1.76. The Bertz CT molecular complexity index is 487. The zero-order chi connectivity index (χ0) is 11.7. The molecule has 1 unspecified atom stereocenters. The maximum atomic E-state index is 5.92. The molecule has 0 aliphatic carbocycles. The summed E-state index contributed by atoms with van der Waals surface area (Å²) in [6.07, 6.45) is 1.57. The fourth-order valence-electron chi connectivity index (χ4n) is 1.76. The van der Waals surface area contributed by atoms with E-state index in [2.05, 4.69) is 42.5 Å². The van der Waals surface area contributed by atoms with Crippen LogP contribution in [0.15, 0.2) is 24.4 Å². The van der Waals surface area contributed by atoms with E-state index in [4.69, 9.17) is 5.73 Å². The fraction of sp³-hybridized carbons (Fsp3) is 0.417. The van der Waals surface area contributed by atoms with Crippen LogP contribution >= 0.6 is 0 Å². The quantitative estimate of drug-likeness (QED) is 0.772. The molecule has 0 aliphatic heterocycles. The standard InChI is InChI=1S/C12H18N4/c1-8(2)9-4-5-10-7-15-16(11(10)6-9)12(13)14-3/h4-8,12,14H,13H2,1-3H3. The van der Waals surface area contributed by atoms with Crippen LogP contribution in [0.3, 0.4) is 0 Å². The minimum absolute atomic E-state index is 0.278. The number of fused-ring (bicyclic) bond motifs is 1. The number of hydrogen-bond donors (Lipinski definition) is 2. The molecule has 2 aromatic rings. The first kappa shape index (κ1) is 11.1. The molecule has 86 valence electrons. The summed E-state index contributed by atoms with van der Waals surface area (Å²) in [7, 11) is 1.82. The van der Waals surface area contributed by atoms with Crippen molar-refractivity contribution in [3.8, 4) is 0 Å². The highest BCUT2D eigenvalue weighted by molar-refractivity contribution is 5.79. The van der Waals surface area contributed by atoms with Gasteiger partial charge in [-0.1, -0.05) is 26.0 Å². The van der Waals surface area contributed by atoms with Gasteiger partial charge in [-0.3, -0.25) is 11.1 Å².